The van der Waals surface area contributed by atoms with E-state index in [4.69, 9.17) is 9.84 Å². The average molecular weight is 360 g/mol. The lowest BCUT2D eigenvalue weighted by molar-refractivity contribution is -0.380. The van der Waals surface area contributed by atoms with Gasteiger partial charge in [0.05, 0.1) is 10.5 Å². The molecule has 0 radical (unpaired) electrons. The second-order valence-electron chi connectivity index (χ2n) is 3.89. The van der Waals surface area contributed by atoms with Crippen LogP contribution in [0.2, 0.25) is 0 Å². The number of carboxylic acid groups (broad SMARTS) is 1. The Morgan fingerprint density at radius 3 is 2.70 bits per heavy atom. The van der Waals surface area contributed by atoms with Gasteiger partial charge in [-0.15, -0.1) is 12.4 Å². The Morgan fingerprint density at radius 2 is 2.09 bits per heavy atom. The topological polar surface area (TPSA) is 132 Å². The van der Waals surface area contributed by atoms with Crippen molar-refractivity contribution in [1.82, 2.24) is 4.98 Å². The van der Waals surface area contributed by atoms with Crippen LogP contribution in [-0.2, 0) is 4.79 Å². The lowest BCUT2D eigenvalue weighted by Crippen LogP contribution is -2.16. The molecule has 0 aliphatic heterocycles. The van der Waals surface area contributed by atoms with E-state index in [2.05, 4.69) is 10.3 Å². The van der Waals surface area contributed by atoms with Gasteiger partial charge in [0.25, 0.3) is 5.91 Å². The first-order valence-electron chi connectivity index (χ1n) is 5.82. The molecule has 1 aromatic carbocycles. The lowest BCUT2D eigenvalue weighted by Gasteiger charge is -2.08. The van der Waals surface area contributed by atoms with E-state index in [9.17, 15) is 19.7 Å². The number of nitro groups is 1. The molecule has 1 amide bonds. The molecule has 23 heavy (non-hydrogen) atoms. The van der Waals surface area contributed by atoms with Crippen LogP contribution in [0.25, 0.3) is 0 Å². The third kappa shape index (κ3) is 4.90. The molecular formula is C12H10ClN3O6S. The van der Waals surface area contributed by atoms with Crippen LogP contribution in [0.5, 0.6) is 5.75 Å². The zero-order chi connectivity index (χ0) is 16.1. The molecule has 2 N–H and O–H groups in total. The maximum Gasteiger partial charge on any atom is 0.345 e. The van der Waals surface area contributed by atoms with E-state index < -0.39 is 23.4 Å². The maximum absolute atomic E-state index is 12.1. The van der Waals surface area contributed by atoms with Gasteiger partial charge >= 0.3 is 11.0 Å². The molecule has 0 saturated heterocycles. The van der Waals surface area contributed by atoms with Gasteiger partial charge in [-0.3, -0.25) is 20.2 Å². The summed E-state index contributed by atoms with van der Waals surface area (Å²) in [7, 11) is 0. The largest absolute Gasteiger partial charge is 0.481 e. The number of carboxylic acids is 1. The zero-order valence-corrected chi connectivity index (χ0v) is 12.9. The standard InChI is InChI=1S/C12H9N3O6S.ClH/c16-10(17)6-21-8-4-2-1-3-7(8)11(18)14-12-13-5-9(22-12)15(19)20;/h1-5H,6H2,(H,16,17)(H,13,14,18);1H. The zero-order valence-electron chi connectivity index (χ0n) is 11.3. The van der Waals surface area contributed by atoms with Crippen LogP contribution in [-0.4, -0.2) is 33.5 Å². The highest BCUT2D eigenvalue weighted by molar-refractivity contribution is 7.18. The van der Waals surface area contributed by atoms with Gasteiger partial charge in [-0.05, 0) is 23.5 Å². The summed E-state index contributed by atoms with van der Waals surface area (Å²) >= 11 is 0.711. The summed E-state index contributed by atoms with van der Waals surface area (Å²) in [6.07, 6.45) is 1.03. The normalized spacial score (nSPS) is 9.57. The van der Waals surface area contributed by atoms with Crippen molar-refractivity contribution >= 4 is 45.8 Å². The fourth-order valence-electron chi connectivity index (χ4n) is 1.49. The van der Waals surface area contributed by atoms with E-state index in [1.54, 1.807) is 12.1 Å². The van der Waals surface area contributed by atoms with Crippen LogP contribution in [0.1, 0.15) is 10.4 Å². The first-order chi connectivity index (χ1) is 10.5. The van der Waals surface area contributed by atoms with Gasteiger partial charge in [-0.25, -0.2) is 9.78 Å². The molecule has 0 bridgehead atoms. The van der Waals surface area contributed by atoms with Crippen molar-refractivity contribution in [2.24, 2.45) is 0 Å². The third-order valence-corrected chi connectivity index (χ3v) is 3.24. The quantitative estimate of drug-likeness (QED) is 0.596. The minimum absolute atomic E-state index is 0. The Bertz CT molecular complexity index is 735. The molecule has 0 saturated carbocycles. The van der Waals surface area contributed by atoms with Gasteiger partial charge in [0.15, 0.2) is 11.7 Å². The van der Waals surface area contributed by atoms with E-state index in [-0.39, 0.29) is 33.9 Å². The smallest absolute Gasteiger partial charge is 0.345 e. The molecule has 2 aromatic rings. The number of aromatic nitrogens is 1. The summed E-state index contributed by atoms with van der Waals surface area (Å²) in [5.74, 6) is -1.69. The fourth-order valence-corrected chi connectivity index (χ4v) is 2.12. The minimum atomic E-state index is -1.18. The van der Waals surface area contributed by atoms with Crippen molar-refractivity contribution in [2.45, 2.75) is 0 Å². The Morgan fingerprint density at radius 1 is 1.39 bits per heavy atom. The van der Waals surface area contributed by atoms with Crippen LogP contribution in [0.15, 0.2) is 30.5 Å². The number of hydrogen-bond acceptors (Lipinski definition) is 7. The maximum atomic E-state index is 12.1. The van der Waals surface area contributed by atoms with Gasteiger partial charge in [-0.1, -0.05) is 12.1 Å². The second-order valence-corrected chi connectivity index (χ2v) is 4.90. The molecule has 0 atom stereocenters. The number of thiazole rings is 1. The van der Waals surface area contributed by atoms with Crippen LogP contribution < -0.4 is 10.1 Å². The fraction of sp³-hybridized carbons (Fsp3) is 0.0833. The van der Waals surface area contributed by atoms with Crippen molar-refractivity contribution in [2.75, 3.05) is 11.9 Å². The number of benzene rings is 1. The van der Waals surface area contributed by atoms with Gasteiger partial charge in [0, 0.05) is 0 Å². The summed E-state index contributed by atoms with van der Waals surface area (Å²) in [5.41, 5.74) is 0.0987. The number of hydrogen-bond donors (Lipinski definition) is 2. The van der Waals surface area contributed by atoms with Crippen LogP contribution >= 0.6 is 23.7 Å². The first kappa shape index (κ1) is 18.3. The lowest BCUT2D eigenvalue weighted by atomic mass is 10.2. The number of nitrogens with zero attached hydrogens (tertiary/aromatic N) is 2. The monoisotopic (exact) mass is 359 g/mol. The van der Waals surface area contributed by atoms with Crippen LogP contribution in [0.3, 0.4) is 0 Å². The summed E-state index contributed by atoms with van der Waals surface area (Å²) in [6, 6.07) is 6.05. The molecule has 122 valence electrons. The molecule has 0 fully saturated rings. The Hall–Kier alpha value is -2.72. The summed E-state index contributed by atoms with van der Waals surface area (Å²) < 4.78 is 5.02. The molecule has 0 aliphatic rings. The number of para-hydroxylation sites is 1. The molecule has 2 rings (SSSR count). The highest BCUT2D eigenvalue weighted by Crippen LogP contribution is 2.26. The Labute approximate surface area is 139 Å². The molecule has 0 unspecified atom stereocenters. The van der Waals surface area contributed by atoms with E-state index in [1.807, 2.05) is 0 Å². The molecule has 1 heterocycles. The van der Waals surface area contributed by atoms with Crippen molar-refractivity contribution in [3.8, 4) is 5.75 Å². The number of ether oxygens (including phenoxy) is 1. The van der Waals surface area contributed by atoms with Crippen molar-refractivity contribution in [3.63, 3.8) is 0 Å². The number of nitrogens with one attached hydrogen (secondary N) is 1. The summed E-state index contributed by atoms with van der Waals surface area (Å²) in [5, 5.41) is 21.4. The number of rotatable bonds is 6. The van der Waals surface area contributed by atoms with E-state index in [1.165, 1.54) is 12.1 Å². The number of carbonyl (C=O) groups is 2. The Kier molecular flexibility index (Phi) is 6.42. The summed E-state index contributed by atoms with van der Waals surface area (Å²) in [6.45, 7) is -0.590. The highest BCUT2D eigenvalue weighted by Gasteiger charge is 2.17. The SMILES string of the molecule is Cl.O=C(O)COc1ccccc1C(=O)Nc1ncc([N+](=O)[O-])s1. The Balaban J connectivity index is 0.00000264. The van der Waals surface area contributed by atoms with E-state index in [0.717, 1.165) is 6.20 Å². The van der Waals surface area contributed by atoms with Gasteiger partial charge in [-0.2, -0.15) is 0 Å². The minimum Gasteiger partial charge on any atom is -0.481 e. The molecule has 0 spiro atoms. The number of amides is 1. The van der Waals surface area contributed by atoms with E-state index >= 15 is 0 Å². The van der Waals surface area contributed by atoms with Crippen molar-refractivity contribution in [1.29, 1.82) is 0 Å². The van der Waals surface area contributed by atoms with Crippen molar-refractivity contribution in [3.05, 3.63) is 46.1 Å². The number of anilines is 1. The first-order valence-corrected chi connectivity index (χ1v) is 6.64. The molecule has 0 aliphatic carbocycles. The van der Waals surface area contributed by atoms with Gasteiger partial charge in [0.1, 0.15) is 11.9 Å². The van der Waals surface area contributed by atoms with Crippen LogP contribution in [0.4, 0.5) is 10.1 Å². The highest BCUT2D eigenvalue weighted by atomic mass is 35.5. The predicted octanol–water partition coefficient (Wildman–Crippen LogP) is 2.19. The molecule has 11 heteroatoms. The summed E-state index contributed by atoms with van der Waals surface area (Å²) in [4.78, 5) is 36.3. The van der Waals surface area contributed by atoms with Crippen LogP contribution in [0, 0.1) is 10.1 Å². The van der Waals surface area contributed by atoms with Gasteiger partial charge < -0.3 is 9.84 Å². The van der Waals surface area contributed by atoms with E-state index in [0.29, 0.717) is 11.3 Å². The average Bonchev–Trinajstić information content (AvgIpc) is 2.94. The second kappa shape index (κ2) is 8.06. The third-order valence-electron chi connectivity index (χ3n) is 2.38. The number of halogens is 1. The number of carbonyl (C=O) groups excluding carboxylic acids is 1. The molecule has 1 aromatic heterocycles. The van der Waals surface area contributed by atoms with Crippen molar-refractivity contribution < 1.29 is 24.4 Å². The molecular weight excluding hydrogens is 350 g/mol. The predicted molar refractivity (Wildman–Crippen MR) is 83.5 cm³/mol. The molecule has 9 nitrogen and oxygen atoms in total. The van der Waals surface area contributed by atoms with Gasteiger partial charge in [0.2, 0.25) is 0 Å². The number of aliphatic carboxylic acids is 1.